The maximum absolute atomic E-state index is 12.4. The third-order valence-corrected chi connectivity index (χ3v) is 4.50. The van der Waals surface area contributed by atoms with Crippen molar-refractivity contribution in [3.63, 3.8) is 0 Å². The first kappa shape index (κ1) is 16.3. The van der Waals surface area contributed by atoms with Gasteiger partial charge in [0.2, 0.25) is 0 Å². The number of carbonyl (C=O) groups excluding carboxylic acids is 1. The van der Waals surface area contributed by atoms with E-state index in [1.807, 2.05) is 29.2 Å². The number of amides is 2. The summed E-state index contributed by atoms with van der Waals surface area (Å²) >= 11 is 0. The number of hydrogen-bond acceptors (Lipinski definition) is 3. The number of ether oxygens (including phenoxy) is 1. The van der Waals surface area contributed by atoms with E-state index in [0.717, 1.165) is 17.7 Å². The number of aryl methyl sites for hydroxylation is 1. The fourth-order valence-corrected chi connectivity index (χ4v) is 3.03. The van der Waals surface area contributed by atoms with Gasteiger partial charge >= 0.3 is 6.03 Å². The second kappa shape index (κ2) is 6.93. The number of carbonyl (C=O) groups is 1. The van der Waals surface area contributed by atoms with Crippen LogP contribution in [-0.2, 0) is 6.42 Å². The van der Waals surface area contributed by atoms with Crippen molar-refractivity contribution in [3.8, 4) is 5.75 Å². The summed E-state index contributed by atoms with van der Waals surface area (Å²) in [7, 11) is 1.65. The highest BCUT2D eigenvalue weighted by Gasteiger charge is 2.36. The van der Waals surface area contributed by atoms with Crippen LogP contribution in [0.5, 0.6) is 5.75 Å². The van der Waals surface area contributed by atoms with Gasteiger partial charge in [0.1, 0.15) is 5.75 Å². The molecule has 0 bridgehead atoms. The molecule has 2 aromatic rings. The fraction of sp³-hybridized carbons (Fsp3) is 0.316. The SMILES string of the molecule is COc1ccc(CCN2C(=O)N(N)CC2c2ccc(C)cc2)cc1. The molecule has 5 nitrogen and oxygen atoms in total. The molecule has 1 aliphatic rings. The molecule has 1 heterocycles. The molecule has 2 aromatic carbocycles. The number of nitrogens with zero attached hydrogens (tertiary/aromatic N) is 2. The lowest BCUT2D eigenvalue weighted by atomic mass is 10.0. The van der Waals surface area contributed by atoms with Gasteiger partial charge in [0.15, 0.2) is 0 Å². The first-order valence-corrected chi connectivity index (χ1v) is 8.11. The highest BCUT2D eigenvalue weighted by atomic mass is 16.5. The largest absolute Gasteiger partial charge is 0.497 e. The molecule has 24 heavy (non-hydrogen) atoms. The normalized spacial score (nSPS) is 17.5. The molecule has 0 saturated carbocycles. The Bertz CT molecular complexity index is 698. The number of urea groups is 1. The average molecular weight is 325 g/mol. The lowest BCUT2D eigenvalue weighted by Crippen LogP contribution is -2.37. The zero-order valence-electron chi connectivity index (χ0n) is 14.1. The van der Waals surface area contributed by atoms with Crippen molar-refractivity contribution in [1.29, 1.82) is 0 Å². The highest BCUT2D eigenvalue weighted by Crippen LogP contribution is 2.28. The van der Waals surface area contributed by atoms with E-state index in [2.05, 4.69) is 31.2 Å². The van der Waals surface area contributed by atoms with Crippen molar-refractivity contribution in [3.05, 3.63) is 65.2 Å². The summed E-state index contributed by atoms with van der Waals surface area (Å²) < 4.78 is 5.18. The molecule has 0 spiro atoms. The predicted molar refractivity (Wildman–Crippen MR) is 93.6 cm³/mol. The molecule has 1 saturated heterocycles. The molecule has 3 rings (SSSR count). The van der Waals surface area contributed by atoms with E-state index in [-0.39, 0.29) is 12.1 Å². The molecule has 1 unspecified atom stereocenters. The van der Waals surface area contributed by atoms with Crippen LogP contribution in [0.1, 0.15) is 22.7 Å². The molecular formula is C19H23N3O2. The quantitative estimate of drug-likeness (QED) is 0.679. The maximum Gasteiger partial charge on any atom is 0.334 e. The van der Waals surface area contributed by atoms with Gasteiger partial charge in [-0.05, 0) is 36.6 Å². The van der Waals surface area contributed by atoms with Gasteiger partial charge in [-0.3, -0.25) is 5.01 Å². The number of hydrazine groups is 1. The van der Waals surface area contributed by atoms with Gasteiger partial charge in [0.25, 0.3) is 0 Å². The summed E-state index contributed by atoms with van der Waals surface area (Å²) in [4.78, 5) is 14.2. The zero-order valence-corrected chi connectivity index (χ0v) is 14.1. The first-order valence-electron chi connectivity index (χ1n) is 8.11. The third-order valence-electron chi connectivity index (χ3n) is 4.50. The van der Waals surface area contributed by atoms with E-state index < -0.39 is 0 Å². The summed E-state index contributed by atoms with van der Waals surface area (Å²) in [6.07, 6.45) is 0.784. The van der Waals surface area contributed by atoms with Crippen molar-refractivity contribution in [1.82, 2.24) is 9.91 Å². The Morgan fingerprint density at radius 3 is 2.42 bits per heavy atom. The molecule has 0 aromatic heterocycles. The lowest BCUT2D eigenvalue weighted by molar-refractivity contribution is 0.187. The van der Waals surface area contributed by atoms with E-state index in [1.54, 1.807) is 7.11 Å². The zero-order chi connectivity index (χ0) is 17.1. The summed E-state index contributed by atoms with van der Waals surface area (Å²) in [6, 6.07) is 16.1. The minimum Gasteiger partial charge on any atom is -0.497 e. The van der Waals surface area contributed by atoms with Crippen LogP contribution in [0.15, 0.2) is 48.5 Å². The third kappa shape index (κ3) is 3.36. The molecule has 5 heteroatoms. The summed E-state index contributed by atoms with van der Waals surface area (Å²) in [5.74, 6) is 6.69. The molecule has 1 aliphatic heterocycles. The summed E-state index contributed by atoms with van der Waals surface area (Å²) in [6.45, 7) is 3.21. The van der Waals surface area contributed by atoms with E-state index in [0.29, 0.717) is 13.1 Å². The molecule has 0 aliphatic carbocycles. The van der Waals surface area contributed by atoms with Crippen molar-refractivity contribution in [2.24, 2.45) is 5.84 Å². The van der Waals surface area contributed by atoms with Gasteiger partial charge in [0.05, 0.1) is 19.7 Å². The Morgan fingerprint density at radius 2 is 1.79 bits per heavy atom. The maximum atomic E-state index is 12.4. The predicted octanol–water partition coefficient (Wildman–Crippen LogP) is 2.90. The van der Waals surface area contributed by atoms with E-state index in [1.165, 1.54) is 16.1 Å². The van der Waals surface area contributed by atoms with Crippen LogP contribution in [0.25, 0.3) is 0 Å². The van der Waals surface area contributed by atoms with Crippen molar-refractivity contribution in [2.75, 3.05) is 20.2 Å². The average Bonchev–Trinajstić information content (AvgIpc) is 2.89. The topological polar surface area (TPSA) is 58.8 Å². The Morgan fingerprint density at radius 1 is 1.12 bits per heavy atom. The minimum atomic E-state index is -0.117. The fourth-order valence-electron chi connectivity index (χ4n) is 3.03. The summed E-state index contributed by atoms with van der Waals surface area (Å²) in [5.41, 5.74) is 3.50. The van der Waals surface area contributed by atoms with Gasteiger partial charge in [-0.1, -0.05) is 42.0 Å². The molecule has 126 valence electrons. The molecule has 2 amide bonds. The van der Waals surface area contributed by atoms with Crippen molar-refractivity contribution < 1.29 is 9.53 Å². The molecule has 1 atom stereocenters. The first-order chi connectivity index (χ1) is 11.6. The van der Waals surface area contributed by atoms with Crippen LogP contribution in [-0.4, -0.2) is 36.1 Å². The lowest BCUT2D eigenvalue weighted by Gasteiger charge is -2.23. The Hall–Kier alpha value is -2.53. The molecule has 1 fully saturated rings. The molecular weight excluding hydrogens is 302 g/mol. The molecule has 2 N–H and O–H groups in total. The number of rotatable bonds is 5. The standard InChI is InChI=1S/C19H23N3O2/c1-14-3-7-16(8-4-14)18-13-22(20)19(23)21(18)12-11-15-5-9-17(24-2)10-6-15/h3-10,18H,11-13,20H2,1-2H3. The number of nitrogens with two attached hydrogens (primary N) is 1. The van der Waals surface area contributed by atoms with Crippen molar-refractivity contribution >= 4 is 6.03 Å². The minimum absolute atomic E-state index is 0.00125. The number of hydrogen-bond donors (Lipinski definition) is 1. The summed E-state index contributed by atoms with van der Waals surface area (Å²) in [5, 5.41) is 1.30. The second-order valence-electron chi connectivity index (χ2n) is 6.15. The Kier molecular flexibility index (Phi) is 4.71. The number of methoxy groups -OCH3 is 1. The van der Waals surface area contributed by atoms with E-state index >= 15 is 0 Å². The van der Waals surface area contributed by atoms with Gasteiger partial charge in [-0.2, -0.15) is 0 Å². The Labute approximate surface area is 142 Å². The van der Waals surface area contributed by atoms with Gasteiger partial charge in [-0.25, -0.2) is 10.6 Å². The van der Waals surface area contributed by atoms with Gasteiger partial charge in [0, 0.05) is 6.54 Å². The van der Waals surface area contributed by atoms with E-state index in [9.17, 15) is 4.79 Å². The number of benzene rings is 2. The van der Waals surface area contributed by atoms with Gasteiger partial charge in [-0.15, -0.1) is 0 Å². The second-order valence-corrected chi connectivity index (χ2v) is 6.15. The Balaban J connectivity index is 1.73. The van der Waals surface area contributed by atoms with Crippen LogP contribution in [0.2, 0.25) is 0 Å². The monoisotopic (exact) mass is 325 g/mol. The van der Waals surface area contributed by atoms with Crippen LogP contribution in [0, 0.1) is 6.92 Å². The van der Waals surface area contributed by atoms with Crippen LogP contribution in [0.4, 0.5) is 4.79 Å². The van der Waals surface area contributed by atoms with E-state index in [4.69, 9.17) is 10.6 Å². The van der Waals surface area contributed by atoms with Gasteiger partial charge < -0.3 is 9.64 Å². The molecule has 0 radical (unpaired) electrons. The van der Waals surface area contributed by atoms with Crippen molar-refractivity contribution in [2.45, 2.75) is 19.4 Å². The van der Waals surface area contributed by atoms with Crippen LogP contribution >= 0.6 is 0 Å². The van der Waals surface area contributed by atoms with Crippen LogP contribution in [0.3, 0.4) is 0 Å². The van der Waals surface area contributed by atoms with Crippen LogP contribution < -0.4 is 10.6 Å². The highest BCUT2D eigenvalue weighted by molar-refractivity contribution is 5.77. The smallest absolute Gasteiger partial charge is 0.334 e.